The van der Waals surface area contributed by atoms with Gasteiger partial charge in [-0.1, -0.05) is 18.2 Å². The van der Waals surface area contributed by atoms with Gasteiger partial charge in [0.15, 0.2) is 0 Å². The fraction of sp³-hybridized carbons (Fsp3) is 0.429. The number of carbonyl (C=O) groups is 2. The van der Waals surface area contributed by atoms with Gasteiger partial charge in [0.1, 0.15) is 0 Å². The Morgan fingerprint density at radius 2 is 1.80 bits per heavy atom. The number of nitrogens with two attached hydrogens (primary N) is 2. The number of hydrogen-bond donors (Lipinski definition) is 2. The molecule has 6 heteroatoms. The van der Waals surface area contributed by atoms with Gasteiger partial charge in [-0.2, -0.15) is 0 Å². The first-order valence-corrected chi connectivity index (χ1v) is 6.40. The molecule has 0 saturated heterocycles. The fourth-order valence-corrected chi connectivity index (χ4v) is 1.71. The van der Waals surface area contributed by atoms with Crippen LogP contribution < -0.4 is 16.4 Å². The highest BCUT2D eigenvalue weighted by Crippen LogP contribution is 2.15. The van der Waals surface area contributed by atoms with E-state index in [0.717, 1.165) is 5.69 Å². The molecule has 1 rings (SSSR count). The van der Waals surface area contributed by atoms with E-state index in [4.69, 9.17) is 11.5 Å². The molecule has 1 unspecified atom stereocenters. The van der Waals surface area contributed by atoms with E-state index in [1.165, 1.54) is 0 Å². The van der Waals surface area contributed by atoms with Gasteiger partial charge < -0.3 is 16.4 Å². The second-order valence-corrected chi connectivity index (χ2v) is 4.61. The Balaban J connectivity index is 0.00000361. The van der Waals surface area contributed by atoms with E-state index in [1.807, 2.05) is 37.3 Å². The molecule has 1 aromatic rings. The SMILES string of the molecule is CC(N)CCC(=O)N(CCC(N)=O)c1ccccc1.Cl. The quantitative estimate of drug-likeness (QED) is 0.798. The van der Waals surface area contributed by atoms with E-state index in [-0.39, 0.29) is 30.8 Å². The fourth-order valence-electron chi connectivity index (χ4n) is 1.71. The van der Waals surface area contributed by atoms with Gasteiger partial charge in [0.2, 0.25) is 11.8 Å². The van der Waals surface area contributed by atoms with Crippen molar-refractivity contribution in [2.45, 2.75) is 32.2 Å². The highest BCUT2D eigenvalue weighted by molar-refractivity contribution is 5.94. The van der Waals surface area contributed by atoms with Crippen LogP contribution in [-0.4, -0.2) is 24.4 Å². The molecule has 0 heterocycles. The molecule has 4 N–H and O–H groups in total. The van der Waals surface area contributed by atoms with Crippen LogP contribution in [-0.2, 0) is 9.59 Å². The van der Waals surface area contributed by atoms with Gasteiger partial charge in [-0.05, 0) is 25.5 Å². The van der Waals surface area contributed by atoms with Gasteiger partial charge in [0.25, 0.3) is 0 Å². The Morgan fingerprint density at radius 3 is 2.30 bits per heavy atom. The molecule has 20 heavy (non-hydrogen) atoms. The second-order valence-electron chi connectivity index (χ2n) is 4.61. The zero-order valence-corrected chi connectivity index (χ0v) is 12.4. The molecule has 2 amide bonds. The van der Waals surface area contributed by atoms with Crippen LogP contribution in [0.15, 0.2) is 30.3 Å². The van der Waals surface area contributed by atoms with Gasteiger partial charge in [0, 0.05) is 31.1 Å². The molecule has 1 aromatic carbocycles. The molecule has 0 aliphatic rings. The normalized spacial score (nSPS) is 11.3. The Bertz CT molecular complexity index is 424. The first-order valence-electron chi connectivity index (χ1n) is 6.40. The molecule has 0 saturated carbocycles. The van der Waals surface area contributed by atoms with Crippen molar-refractivity contribution < 1.29 is 9.59 Å². The number of rotatable bonds is 7. The zero-order valence-electron chi connectivity index (χ0n) is 11.6. The lowest BCUT2D eigenvalue weighted by molar-refractivity contribution is -0.119. The number of primary amides is 1. The minimum atomic E-state index is -0.416. The van der Waals surface area contributed by atoms with E-state index < -0.39 is 5.91 Å². The van der Waals surface area contributed by atoms with Crippen molar-refractivity contribution in [2.75, 3.05) is 11.4 Å². The highest BCUT2D eigenvalue weighted by Gasteiger charge is 2.16. The molecule has 5 nitrogen and oxygen atoms in total. The molecule has 0 radical (unpaired) electrons. The monoisotopic (exact) mass is 299 g/mol. The van der Waals surface area contributed by atoms with Crippen LogP contribution in [0.4, 0.5) is 5.69 Å². The molecule has 0 bridgehead atoms. The molecule has 1 atom stereocenters. The summed E-state index contributed by atoms with van der Waals surface area (Å²) in [4.78, 5) is 24.7. The summed E-state index contributed by atoms with van der Waals surface area (Å²) < 4.78 is 0. The van der Waals surface area contributed by atoms with E-state index in [1.54, 1.807) is 4.90 Å². The van der Waals surface area contributed by atoms with Crippen LogP contribution in [0.1, 0.15) is 26.2 Å². The summed E-state index contributed by atoms with van der Waals surface area (Å²) in [6.45, 7) is 2.17. The molecule has 0 aliphatic carbocycles. The zero-order chi connectivity index (χ0) is 14.3. The summed E-state index contributed by atoms with van der Waals surface area (Å²) in [5.74, 6) is -0.453. The second kappa shape index (κ2) is 9.34. The van der Waals surface area contributed by atoms with Crippen LogP contribution in [0.25, 0.3) is 0 Å². The molecular weight excluding hydrogens is 278 g/mol. The minimum absolute atomic E-state index is 0. The van der Waals surface area contributed by atoms with E-state index >= 15 is 0 Å². The van der Waals surface area contributed by atoms with E-state index in [2.05, 4.69) is 0 Å². The van der Waals surface area contributed by atoms with Crippen molar-refractivity contribution in [3.05, 3.63) is 30.3 Å². The number of hydrogen-bond acceptors (Lipinski definition) is 3. The Labute approximate surface area is 125 Å². The van der Waals surface area contributed by atoms with Gasteiger partial charge in [0.05, 0.1) is 0 Å². The third-order valence-corrected chi connectivity index (χ3v) is 2.76. The topological polar surface area (TPSA) is 89.4 Å². The molecule has 0 aromatic heterocycles. The van der Waals surface area contributed by atoms with Crippen LogP contribution in [0.5, 0.6) is 0 Å². The van der Waals surface area contributed by atoms with Gasteiger partial charge in [-0.3, -0.25) is 9.59 Å². The van der Waals surface area contributed by atoms with Gasteiger partial charge in [-0.15, -0.1) is 12.4 Å². The smallest absolute Gasteiger partial charge is 0.227 e. The van der Waals surface area contributed by atoms with E-state index in [0.29, 0.717) is 19.4 Å². The summed E-state index contributed by atoms with van der Waals surface area (Å²) in [6.07, 6.45) is 1.14. The average Bonchev–Trinajstić information content (AvgIpc) is 2.37. The number of para-hydroxylation sites is 1. The number of carbonyl (C=O) groups excluding carboxylic acids is 2. The summed E-state index contributed by atoms with van der Waals surface area (Å²) in [7, 11) is 0. The molecule has 0 aliphatic heterocycles. The number of anilines is 1. The lowest BCUT2D eigenvalue weighted by Gasteiger charge is -2.22. The van der Waals surface area contributed by atoms with Crippen molar-refractivity contribution in [1.82, 2.24) is 0 Å². The van der Waals surface area contributed by atoms with Crippen molar-refractivity contribution >= 4 is 29.9 Å². The third kappa shape index (κ3) is 6.54. The van der Waals surface area contributed by atoms with Crippen molar-refractivity contribution in [3.63, 3.8) is 0 Å². The van der Waals surface area contributed by atoms with Gasteiger partial charge >= 0.3 is 0 Å². The lowest BCUT2D eigenvalue weighted by Crippen LogP contribution is -2.34. The van der Waals surface area contributed by atoms with Crippen molar-refractivity contribution in [3.8, 4) is 0 Å². The number of amides is 2. The molecule has 0 fully saturated rings. The number of halogens is 1. The highest BCUT2D eigenvalue weighted by atomic mass is 35.5. The van der Waals surface area contributed by atoms with E-state index in [9.17, 15) is 9.59 Å². The Morgan fingerprint density at radius 1 is 1.20 bits per heavy atom. The average molecular weight is 300 g/mol. The first-order chi connectivity index (χ1) is 9.00. The maximum Gasteiger partial charge on any atom is 0.227 e. The van der Waals surface area contributed by atoms with Crippen LogP contribution >= 0.6 is 12.4 Å². The molecule has 0 spiro atoms. The number of nitrogens with zero attached hydrogens (tertiary/aromatic N) is 1. The molecular formula is C14H22ClN3O2. The summed E-state index contributed by atoms with van der Waals surface area (Å²) in [5, 5.41) is 0. The largest absolute Gasteiger partial charge is 0.370 e. The summed E-state index contributed by atoms with van der Waals surface area (Å²) >= 11 is 0. The van der Waals surface area contributed by atoms with Crippen molar-refractivity contribution in [1.29, 1.82) is 0 Å². The third-order valence-electron chi connectivity index (χ3n) is 2.76. The first kappa shape index (κ1) is 18.4. The van der Waals surface area contributed by atoms with Crippen LogP contribution in [0.3, 0.4) is 0 Å². The number of benzene rings is 1. The minimum Gasteiger partial charge on any atom is -0.370 e. The Hall–Kier alpha value is -1.59. The van der Waals surface area contributed by atoms with Crippen LogP contribution in [0, 0.1) is 0 Å². The Kier molecular flexibility index (Phi) is 8.59. The van der Waals surface area contributed by atoms with Crippen LogP contribution in [0.2, 0.25) is 0 Å². The summed E-state index contributed by atoms with van der Waals surface area (Å²) in [6, 6.07) is 9.24. The predicted molar refractivity (Wildman–Crippen MR) is 82.7 cm³/mol. The standard InChI is InChI=1S/C14H21N3O2.ClH/c1-11(15)7-8-14(19)17(10-9-13(16)18)12-5-3-2-4-6-12;/h2-6,11H,7-10,15H2,1H3,(H2,16,18);1H. The molecule has 112 valence electrons. The van der Waals surface area contributed by atoms with Crippen molar-refractivity contribution in [2.24, 2.45) is 11.5 Å². The maximum absolute atomic E-state index is 12.2. The summed E-state index contributed by atoms with van der Waals surface area (Å²) in [5.41, 5.74) is 11.6. The maximum atomic E-state index is 12.2. The van der Waals surface area contributed by atoms with Gasteiger partial charge in [-0.25, -0.2) is 0 Å². The predicted octanol–water partition coefficient (Wildman–Crippen LogP) is 1.44. The lowest BCUT2D eigenvalue weighted by atomic mass is 10.1.